The number of aromatic nitrogens is 1. The van der Waals surface area contributed by atoms with Crippen molar-refractivity contribution in [2.45, 2.75) is 38.6 Å². The summed E-state index contributed by atoms with van der Waals surface area (Å²) >= 11 is 1.77. The Hall–Kier alpha value is -0.410. The van der Waals surface area contributed by atoms with Gasteiger partial charge in [0.2, 0.25) is 0 Å². The van der Waals surface area contributed by atoms with E-state index >= 15 is 0 Å². The van der Waals surface area contributed by atoms with E-state index in [-0.39, 0.29) is 0 Å². The standard InChI is InChI=1S/C11H18N2S/c1-8-2-3-10(12)4-9(8)5-11-6-13-7-14-11/h6-10H,2-5,12H2,1H3. The maximum atomic E-state index is 6.00. The molecule has 1 saturated carbocycles. The smallest absolute Gasteiger partial charge is 0.0794 e. The normalized spacial score (nSPS) is 33.1. The zero-order valence-electron chi connectivity index (χ0n) is 8.65. The maximum Gasteiger partial charge on any atom is 0.0794 e. The van der Waals surface area contributed by atoms with Crippen LogP contribution in [0.3, 0.4) is 0 Å². The first-order chi connectivity index (χ1) is 6.75. The second-order valence-electron chi connectivity index (χ2n) is 4.48. The minimum Gasteiger partial charge on any atom is -0.328 e. The Bertz CT molecular complexity index is 271. The highest BCUT2D eigenvalue weighted by atomic mass is 32.1. The summed E-state index contributed by atoms with van der Waals surface area (Å²) in [6.45, 7) is 2.36. The minimum absolute atomic E-state index is 0.434. The van der Waals surface area contributed by atoms with Gasteiger partial charge in [0.25, 0.3) is 0 Å². The first kappa shape index (κ1) is 10.1. The molecule has 1 heterocycles. The molecule has 14 heavy (non-hydrogen) atoms. The van der Waals surface area contributed by atoms with Gasteiger partial charge in [-0.15, -0.1) is 11.3 Å². The Morgan fingerprint density at radius 2 is 2.43 bits per heavy atom. The lowest BCUT2D eigenvalue weighted by atomic mass is 9.76. The topological polar surface area (TPSA) is 38.9 Å². The van der Waals surface area contributed by atoms with E-state index in [0.29, 0.717) is 6.04 Å². The number of hydrogen-bond acceptors (Lipinski definition) is 3. The van der Waals surface area contributed by atoms with Crippen LogP contribution < -0.4 is 5.73 Å². The first-order valence-electron chi connectivity index (χ1n) is 5.38. The van der Waals surface area contributed by atoms with E-state index in [0.717, 1.165) is 11.8 Å². The second-order valence-corrected chi connectivity index (χ2v) is 5.45. The molecule has 0 bridgehead atoms. The van der Waals surface area contributed by atoms with Crippen LogP contribution in [0.15, 0.2) is 11.7 Å². The molecule has 0 spiro atoms. The molecule has 3 atom stereocenters. The molecule has 3 unspecified atom stereocenters. The van der Waals surface area contributed by atoms with Crippen molar-refractivity contribution >= 4 is 11.3 Å². The Morgan fingerprint density at radius 3 is 3.14 bits per heavy atom. The van der Waals surface area contributed by atoms with Gasteiger partial charge in [-0.25, -0.2) is 0 Å². The molecule has 0 radical (unpaired) electrons. The van der Waals surface area contributed by atoms with E-state index in [9.17, 15) is 0 Å². The van der Waals surface area contributed by atoms with Crippen molar-refractivity contribution < 1.29 is 0 Å². The summed E-state index contributed by atoms with van der Waals surface area (Å²) in [4.78, 5) is 5.53. The van der Waals surface area contributed by atoms with Gasteiger partial charge in [-0.2, -0.15) is 0 Å². The SMILES string of the molecule is CC1CCC(N)CC1Cc1cncs1. The van der Waals surface area contributed by atoms with E-state index in [1.54, 1.807) is 11.3 Å². The van der Waals surface area contributed by atoms with E-state index in [1.165, 1.54) is 30.6 Å². The largest absolute Gasteiger partial charge is 0.328 e. The van der Waals surface area contributed by atoms with Crippen LogP contribution in [0.2, 0.25) is 0 Å². The molecule has 1 aliphatic rings. The highest BCUT2D eigenvalue weighted by molar-refractivity contribution is 7.09. The van der Waals surface area contributed by atoms with Gasteiger partial charge in [-0.1, -0.05) is 6.92 Å². The van der Waals surface area contributed by atoms with E-state index < -0.39 is 0 Å². The molecule has 78 valence electrons. The summed E-state index contributed by atoms with van der Waals surface area (Å²) in [6.07, 6.45) is 6.88. The van der Waals surface area contributed by atoms with Gasteiger partial charge in [-0.3, -0.25) is 4.98 Å². The van der Waals surface area contributed by atoms with Gasteiger partial charge in [0.1, 0.15) is 0 Å². The molecule has 1 aliphatic carbocycles. The lowest BCUT2D eigenvalue weighted by Crippen LogP contribution is -2.33. The fourth-order valence-corrected chi connectivity index (χ4v) is 3.03. The van der Waals surface area contributed by atoms with Crippen molar-refractivity contribution in [1.82, 2.24) is 4.98 Å². The van der Waals surface area contributed by atoms with Crippen LogP contribution in [0.5, 0.6) is 0 Å². The molecule has 2 rings (SSSR count). The van der Waals surface area contributed by atoms with Crippen molar-refractivity contribution in [3.63, 3.8) is 0 Å². The van der Waals surface area contributed by atoms with Gasteiger partial charge in [0.05, 0.1) is 5.51 Å². The van der Waals surface area contributed by atoms with Crippen LogP contribution in [0.25, 0.3) is 0 Å². The lowest BCUT2D eigenvalue weighted by Gasteiger charge is -2.32. The van der Waals surface area contributed by atoms with E-state index in [4.69, 9.17) is 5.73 Å². The quantitative estimate of drug-likeness (QED) is 0.814. The second kappa shape index (κ2) is 4.41. The average Bonchev–Trinajstić information content (AvgIpc) is 2.64. The Morgan fingerprint density at radius 1 is 1.57 bits per heavy atom. The average molecular weight is 210 g/mol. The Balaban J connectivity index is 1.95. The minimum atomic E-state index is 0.434. The van der Waals surface area contributed by atoms with Gasteiger partial charge in [-0.05, 0) is 37.5 Å². The van der Waals surface area contributed by atoms with Crippen LogP contribution in [-0.4, -0.2) is 11.0 Å². The molecule has 0 saturated heterocycles. The third kappa shape index (κ3) is 2.34. The molecule has 1 aromatic rings. The van der Waals surface area contributed by atoms with Crippen molar-refractivity contribution in [1.29, 1.82) is 0 Å². The van der Waals surface area contributed by atoms with E-state index in [1.807, 2.05) is 11.7 Å². The number of nitrogens with zero attached hydrogens (tertiary/aromatic N) is 1. The summed E-state index contributed by atoms with van der Waals surface area (Å²) in [5.41, 5.74) is 7.92. The van der Waals surface area contributed by atoms with Crippen molar-refractivity contribution in [3.8, 4) is 0 Å². The number of nitrogens with two attached hydrogens (primary N) is 1. The Labute approximate surface area is 89.5 Å². The molecule has 0 amide bonds. The van der Waals surface area contributed by atoms with Crippen LogP contribution in [0.4, 0.5) is 0 Å². The number of thiazole rings is 1. The summed E-state index contributed by atoms with van der Waals surface area (Å²) in [6, 6.07) is 0.434. The third-order valence-corrected chi connectivity index (χ3v) is 4.15. The lowest BCUT2D eigenvalue weighted by molar-refractivity contribution is 0.232. The molecule has 2 N–H and O–H groups in total. The van der Waals surface area contributed by atoms with Gasteiger partial charge in [0, 0.05) is 17.1 Å². The highest BCUT2D eigenvalue weighted by Crippen LogP contribution is 2.32. The van der Waals surface area contributed by atoms with Crippen LogP contribution in [0, 0.1) is 11.8 Å². The molecule has 2 nitrogen and oxygen atoms in total. The molecule has 0 aliphatic heterocycles. The molecule has 3 heteroatoms. The first-order valence-corrected chi connectivity index (χ1v) is 6.26. The summed E-state index contributed by atoms with van der Waals surface area (Å²) in [5.74, 6) is 1.61. The van der Waals surface area contributed by atoms with Crippen molar-refractivity contribution in [2.24, 2.45) is 17.6 Å². The molecular weight excluding hydrogens is 192 g/mol. The molecular formula is C11H18N2S. The van der Waals surface area contributed by atoms with Crippen molar-refractivity contribution in [3.05, 3.63) is 16.6 Å². The van der Waals surface area contributed by atoms with Gasteiger partial charge >= 0.3 is 0 Å². The third-order valence-electron chi connectivity index (χ3n) is 3.35. The van der Waals surface area contributed by atoms with Crippen LogP contribution in [-0.2, 0) is 6.42 Å². The summed E-state index contributed by atoms with van der Waals surface area (Å²) in [7, 11) is 0. The van der Waals surface area contributed by atoms with Crippen LogP contribution in [0.1, 0.15) is 31.1 Å². The summed E-state index contributed by atoms with van der Waals surface area (Å²) < 4.78 is 0. The van der Waals surface area contributed by atoms with Gasteiger partial charge in [0.15, 0.2) is 0 Å². The molecule has 0 aromatic carbocycles. The maximum absolute atomic E-state index is 6.00. The number of hydrogen-bond donors (Lipinski definition) is 1. The zero-order chi connectivity index (χ0) is 9.97. The Kier molecular flexibility index (Phi) is 3.19. The number of rotatable bonds is 2. The predicted octanol–water partition coefficient (Wildman–Crippen LogP) is 2.45. The molecule has 1 fully saturated rings. The highest BCUT2D eigenvalue weighted by Gasteiger charge is 2.25. The fraction of sp³-hybridized carbons (Fsp3) is 0.727. The fourth-order valence-electron chi connectivity index (χ4n) is 2.34. The monoisotopic (exact) mass is 210 g/mol. The van der Waals surface area contributed by atoms with Crippen molar-refractivity contribution in [2.75, 3.05) is 0 Å². The summed E-state index contributed by atoms with van der Waals surface area (Å²) in [5, 5.41) is 0. The van der Waals surface area contributed by atoms with E-state index in [2.05, 4.69) is 11.9 Å². The molecule has 1 aromatic heterocycles. The predicted molar refractivity (Wildman–Crippen MR) is 60.3 cm³/mol. The zero-order valence-corrected chi connectivity index (χ0v) is 9.46. The van der Waals surface area contributed by atoms with Gasteiger partial charge < -0.3 is 5.73 Å². The van der Waals surface area contributed by atoms with Crippen LogP contribution >= 0.6 is 11.3 Å².